The Kier molecular flexibility index (Phi) is 6.54. The van der Waals surface area contributed by atoms with Gasteiger partial charge in [0.1, 0.15) is 5.56 Å². The number of amides is 1. The van der Waals surface area contributed by atoms with E-state index in [-0.39, 0.29) is 22.6 Å². The van der Waals surface area contributed by atoms with E-state index in [0.29, 0.717) is 12.0 Å². The molecule has 0 fully saturated rings. The average Bonchev–Trinajstić information content (AvgIpc) is 2.66. The summed E-state index contributed by atoms with van der Waals surface area (Å²) in [6.07, 6.45) is 0.508. The fourth-order valence-corrected chi connectivity index (χ4v) is 2.59. The molecule has 0 aliphatic carbocycles. The number of carbonyl (C=O) groups excluding carboxylic acids is 3. The number of benzene rings is 2. The van der Waals surface area contributed by atoms with Gasteiger partial charge in [-0.15, -0.1) is 0 Å². The van der Waals surface area contributed by atoms with Crippen LogP contribution >= 0.6 is 0 Å². The minimum absolute atomic E-state index is 0.0712. The fourth-order valence-electron chi connectivity index (χ4n) is 2.59. The fraction of sp³-hybridized carbons (Fsp3) is 0.250. The highest BCUT2D eigenvalue weighted by Crippen LogP contribution is 2.33. The van der Waals surface area contributed by atoms with Gasteiger partial charge in [-0.05, 0) is 37.6 Å². The molecule has 2 aromatic rings. The van der Waals surface area contributed by atoms with Crippen LogP contribution in [0.1, 0.15) is 31.8 Å². The zero-order valence-electron chi connectivity index (χ0n) is 15.6. The van der Waals surface area contributed by atoms with Crippen molar-refractivity contribution in [3.05, 3.63) is 52.6 Å². The lowest BCUT2D eigenvalue weighted by molar-refractivity contribution is -0.119. The molecule has 0 aromatic heterocycles. The monoisotopic (exact) mass is 371 g/mol. The summed E-state index contributed by atoms with van der Waals surface area (Å²) in [7, 11) is 2.75. The highest BCUT2D eigenvalue weighted by molar-refractivity contribution is 6.03. The Labute approximate surface area is 157 Å². The van der Waals surface area contributed by atoms with Crippen LogP contribution in [0.3, 0.4) is 0 Å². The molecule has 7 nitrogen and oxygen atoms in total. The minimum atomic E-state index is -0.858. The highest BCUT2D eigenvalue weighted by Gasteiger charge is 2.23. The van der Waals surface area contributed by atoms with E-state index in [1.165, 1.54) is 26.4 Å². The topological polar surface area (TPSA) is 90.9 Å². The van der Waals surface area contributed by atoms with Gasteiger partial charge in [-0.25, -0.2) is 4.79 Å². The Balaban J connectivity index is 2.13. The number of aryl methyl sites for hydroxylation is 2. The lowest BCUT2D eigenvalue weighted by Gasteiger charge is -2.14. The zero-order valence-corrected chi connectivity index (χ0v) is 15.6. The standard InChI is InChI=1S/C20H21NO6/c1-12-5-7-15(13(2)9-12)21-17(23)11-27-20(24)18-14(10-22)6-8-16(25-3)19(18)26-4/h5-10H,11H2,1-4H3,(H,21,23). The summed E-state index contributed by atoms with van der Waals surface area (Å²) in [5.74, 6) is -1.01. The molecule has 0 bridgehead atoms. The molecule has 0 aliphatic rings. The van der Waals surface area contributed by atoms with Gasteiger partial charge in [0.15, 0.2) is 24.4 Å². The van der Waals surface area contributed by atoms with E-state index in [4.69, 9.17) is 14.2 Å². The SMILES string of the molecule is COc1ccc(C=O)c(C(=O)OCC(=O)Nc2ccc(C)cc2C)c1OC. The number of carbonyl (C=O) groups is 3. The molecular formula is C20H21NO6. The zero-order chi connectivity index (χ0) is 20.0. The van der Waals surface area contributed by atoms with E-state index in [0.717, 1.165) is 11.1 Å². The van der Waals surface area contributed by atoms with Gasteiger partial charge >= 0.3 is 5.97 Å². The molecule has 0 radical (unpaired) electrons. The van der Waals surface area contributed by atoms with Gasteiger partial charge in [-0.1, -0.05) is 17.7 Å². The Morgan fingerprint density at radius 1 is 1.07 bits per heavy atom. The molecule has 2 aromatic carbocycles. The first-order valence-electron chi connectivity index (χ1n) is 8.15. The van der Waals surface area contributed by atoms with Crippen LogP contribution in [0, 0.1) is 13.8 Å². The molecule has 142 valence electrons. The number of rotatable bonds is 7. The first-order valence-corrected chi connectivity index (χ1v) is 8.15. The number of nitrogens with one attached hydrogen (secondary N) is 1. The first kappa shape index (κ1) is 20.0. The Morgan fingerprint density at radius 2 is 1.81 bits per heavy atom. The van der Waals surface area contributed by atoms with Gasteiger partial charge in [0.2, 0.25) is 0 Å². The Bertz CT molecular complexity index is 875. The lowest BCUT2D eigenvalue weighted by atomic mass is 10.1. The molecule has 7 heteroatoms. The second kappa shape index (κ2) is 8.84. The van der Waals surface area contributed by atoms with Crippen LogP contribution in [0.5, 0.6) is 11.5 Å². The number of aldehydes is 1. The molecule has 0 saturated heterocycles. The number of anilines is 1. The predicted octanol–water partition coefficient (Wildman–Crippen LogP) is 2.93. The quantitative estimate of drug-likeness (QED) is 0.594. The third-order valence-corrected chi connectivity index (χ3v) is 3.90. The van der Waals surface area contributed by atoms with Crippen molar-refractivity contribution in [1.82, 2.24) is 0 Å². The van der Waals surface area contributed by atoms with Crippen LogP contribution in [0.15, 0.2) is 30.3 Å². The number of hydrogen-bond donors (Lipinski definition) is 1. The third-order valence-electron chi connectivity index (χ3n) is 3.90. The molecular weight excluding hydrogens is 350 g/mol. The summed E-state index contributed by atoms with van der Waals surface area (Å²) in [6.45, 7) is 3.31. The lowest BCUT2D eigenvalue weighted by Crippen LogP contribution is -2.22. The molecule has 0 unspecified atom stereocenters. The molecule has 27 heavy (non-hydrogen) atoms. The van der Waals surface area contributed by atoms with Crippen molar-refractivity contribution in [2.75, 3.05) is 26.1 Å². The molecule has 0 spiro atoms. The van der Waals surface area contributed by atoms with Crippen molar-refractivity contribution in [2.24, 2.45) is 0 Å². The molecule has 2 rings (SSSR count). The van der Waals surface area contributed by atoms with Gasteiger partial charge in [0.05, 0.1) is 14.2 Å². The second-order valence-electron chi connectivity index (χ2n) is 5.83. The van der Waals surface area contributed by atoms with Crippen molar-refractivity contribution >= 4 is 23.9 Å². The first-order chi connectivity index (χ1) is 12.9. The summed E-state index contributed by atoms with van der Waals surface area (Å²) in [6, 6.07) is 8.50. The largest absolute Gasteiger partial charge is 0.493 e. The Morgan fingerprint density at radius 3 is 2.41 bits per heavy atom. The summed E-state index contributed by atoms with van der Waals surface area (Å²) in [5.41, 5.74) is 2.59. The Hall–Kier alpha value is -3.35. The minimum Gasteiger partial charge on any atom is -0.493 e. The average molecular weight is 371 g/mol. The summed E-state index contributed by atoms with van der Waals surface area (Å²) in [4.78, 5) is 35.8. The predicted molar refractivity (Wildman–Crippen MR) is 99.8 cm³/mol. The van der Waals surface area contributed by atoms with E-state index < -0.39 is 18.5 Å². The van der Waals surface area contributed by atoms with Crippen LogP contribution in [-0.4, -0.2) is 39.0 Å². The van der Waals surface area contributed by atoms with Gasteiger partial charge in [0.25, 0.3) is 5.91 Å². The van der Waals surface area contributed by atoms with Crippen molar-refractivity contribution in [1.29, 1.82) is 0 Å². The van der Waals surface area contributed by atoms with Crippen molar-refractivity contribution in [3.63, 3.8) is 0 Å². The number of hydrogen-bond acceptors (Lipinski definition) is 6. The molecule has 0 saturated carbocycles. The van der Waals surface area contributed by atoms with Crippen LogP contribution < -0.4 is 14.8 Å². The van der Waals surface area contributed by atoms with Crippen molar-refractivity contribution < 1.29 is 28.6 Å². The van der Waals surface area contributed by atoms with Crippen LogP contribution in [-0.2, 0) is 9.53 Å². The molecule has 1 amide bonds. The van der Waals surface area contributed by atoms with Crippen LogP contribution in [0.25, 0.3) is 0 Å². The summed E-state index contributed by atoms with van der Waals surface area (Å²) in [5, 5.41) is 2.68. The van der Waals surface area contributed by atoms with E-state index in [2.05, 4.69) is 5.32 Å². The number of methoxy groups -OCH3 is 2. The molecule has 0 aliphatic heterocycles. The van der Waals surface area contributed by atoms with E-state index in [9.17, 15) is 14.4 Å². The van der Waals surface area contributed by atoms with E-state index >= 15 is 0 Å². The van der Waals surface area contributed by atoms with Crippen LogP contribution in [0.2, 0.25) is 0 Å². The molecule has 0 heterocycles. The van der Waals surface area contributed by atoms with Crippen molar-refractivity contribution in [3.8, 4) is 11.5 Å². The van der Waals surface area contributed by atoms with Gasteiger partial charge < -0.3 is 19.5 Å². The normalized spacial score (nSPS) is 10.1. The summed E-state index contributed by atoms with van der Waals surface area (Å²) < 4.78 is 15.4. The third kappa shape index (κ3) is 4.63. The van der Waals surface area contributed by atoms with Gasteiger partial charge in [-0.2, -0.15) is 0 Å². The number of ether oxygens (including phenoxy) is 3. The molecule has 1 N–H and O–H groups in total. The maximum Gasteiger partial charge on any atom is 0.343 e. The second-order valence-corrected chi connectivity index (χ2v) is 5.83. The number of esters is 1. The summed E-state index contributed by atoms with van der Waals surface area (Å²) >= 11 is 0. The van der Waals surface area contributed by atoms with E-state index in [1.807, 2.05) is 26.0 Å². The van der Waals surface area contributed by atoms with Crippen LogP contribution in [0.4, 0.5) is 5.69 Å². The van der Waals surface area contributed by atoms with Gasteiger partial charge in [0, 0.05) is 11.3 Å². The maximum absolute atomic E-state index is 12.4. The van der Waals surface area contributed by atoms with Crippen molar-refractivity contribution in [2.45, 2.75) is 13.8 Å². The highest BCUT2D eigenvalue weighted by atomic mass is 16.5. The van der Waals surface area contributed by atoms with E-state index in [1.54, 1.807) is 6.07 Å². The maximum atomic E-state index is 12.4. The molecule has 0 atom stereocenters. The van der Waals surface area contributed by atoms with Gasteiger partial charge in [-0.3, -0.25) is 9.59 Å². The smallest absolute Gasteiger partial charge is 0.343 e.